The number of aromatic nitrogens is 6. The quantitative estimate of drug-likeness (QED) is 0.198. The summed E-state index contributed by atoms with van der Waals surface area (Å²) >= 11 is 6.21. The van der Waals surface area contributed by atoms with Gasteiger partial charge in [-0.3, -0.25) is 23.6 Å². The number of nitrogens with zero attached hydrogens (tertiary/aromatic N) is 6. The van der Waals surface area contributed by atoms with E-state index >= 15 is 0 Å². The lowest BCUT2D eigenvalue weighted by molar-refractivity contribution is -0.141. The first kappa shape index (κ1) is 32.9. The Bertz CT molecular complexity index is 2040. The number of nitrogens with one attached hydrogen (secondary N) is 2. The van der Waals surface area contributed by atoms with E-state index in [0.29, 0.717) is 11.9 Å². The maximum absolute atomic E-state index is 14.9. The normalized spacial score (nSPS) is 12.1. The monoisotopic (exact) mass is 672 g/mol. The number of alkyl halides is 3. The first-order chi connectivity index (χ1) is 22.3. The van der Waals surface area contributed by atoms with E-state index < -0.39 is 41.1 Å². The predicted molar refractivity (Wildman–Crippen MR) is 163 cm³/mol. The first-order valence-corrected chi connectivity index (χ1v) is 14.2. The van der Waals surface area contributed by atoms with Crippen molar-refractivity contribution in [1.82, 2.24) is 29.3 Å². The Morgan fingerprint density at radius 3 is 2.40 bits per heavy atom. The summed E-state index contributed by atoms with van der Waals surface area (Å²) < 4.78 is 63.5. The maximum Gasteiger partial charge on any atom is 0.436 e. The van der Waals surface area contributed by atoms with Crippen LogP contribution in [0.1, 0.15) is 35.4 Å². The number of aryl methyl sites for hydroxylation is 1. The zero-order chi connectivity index (χ0) is 34.0. The van der Waals surface area contributed by atoms with Gasteiger partial charge in [-0.15, -0.1) is 5.10 Å². The van der Waals surface area contributed by atoms with Gasteiger partial charge in [0.05, 0.1) is 42.6 Å². The molecule has 5 rings (SSSR count). The topological polar surface area (TPSA) is 138 Å². The summed E-state index contributed by atoms with van der Waals surface area (Å²) in [6, 6.07) is 7.85. The summed E-state index contributed by atoms with van der Waals surface area (Å²) in [5.74, 6) is -2.19. The highest BCUT2D eigenvalue weighted by molar-refractivity contribution is 6.31. The van der Waals surface area contributed by atoms with E-state index in [1.807, 2.05) is 0 Å². The second-order valence-corrected chi connectivity index (χ2v) is 10.6. The fourth-order valence-electron chi connectivity index (χ4n) is 4.78. The van der Waals surface area contributed by atoms with Crippen molar-refractivity contribution in [3.05, 3.63) is 99.7 Å². The largest absolute Gasteiger partial charge is 0.495 e. The molecular weight excluding hydrogens is 648 g/mol. The molecule has 3 aromatic heterocycles. The van der Waals surface area contributed by atoms with Gasteiger partial charge in [-0.05, 0) is 42.8 Å². The third-order valence-electron chi connectivity index (χ3n) is 7.01. The lowest BCUT2D eigenvalue weighted by Gasteiger charge is -2.21. The van der Waals surface area contributed by atoms with Gasteiger partial charge in [-0.2, -0.15) is 18.3 Å². The Kier molecular flexibility index (Phi) is 9.15. The molecule has 244 valence electrons. The van der Waals surface area contributed by atoms with Gasteiger partial charge >= 0.3 is 6.18 Å². The number of methoxy groups -OCH3 is 1. The van der Waals surface area contributed by atoms with E-state index in [1.54, 1.807) is 14.0 Å². The van der Waals surface area contributed by atoms with E-state index in [-0.39, 0.29) is 45.3 Å². The Hall–Kier alpha value is -5.51. The van der Waals surface area contributed by atoms with Crippen molar-refractivity contribution in [3.8, 4) is 22.6 Å². The van der Waals surface area contributed by atoms with E-state index in [4.69, 9.17) is 16.3 Å². The van der Waals surface area contributed by atoms with E-state index in [0.717, 1.165) is 21.4 Å². The van der Waals surface area contributed by atoms with Crippen LogP contribution in [0, 0.1) is 5.82 Å². The summed E-state index contributed by atoms with van der Waals surface area (Å²) in [5.41, 5.74) is -1.25. The molecule has 2 amide bonds. The first-order valence-electron chi connectivity index (χ1n) is 13.8. The van der Waals surface area contributed by atoms with Gasteiger partial charge in [0.1, 0.15) is 17.6 Å². The standard InChI is InChI=1S/C30H25ClF4N8O4/c1-4-23(29(46)37-17-6-7-19(22(32)10-17)28(45)38-18-12-36-41(2)13-18)42-14-25(47-3)21(11-27(42)44)20-9-16(31)5-8-24(20)43-15-26(39-40-43)30(33,34)35/h5-15,23H,4H2,1-3H3,(H,37,46)(H,38,45)/t23-/m0/s1. The molecule has 0 radical (unpaired) electrons. The van der Waals surface area contributed by atoms with Crippen LogP contribution in [-0.4, -0.2) is 48.3 Å². The molecular formula is C30H25ClF4N8O4. The number of pyridine rings is 1. The van der Waals surface area contributed by atoms with Crippen molar-refractivity contribution in [2.24, 2.45) is 7.05 Å². The molecule has 3 heterocycles. The number of hydrogen-bond donors (Lipinski definition) is 2. The third kappa shape index (κ3) is 7.01. The van der Waals surface area contributed by atoms with Crippen LogP contribution < -0.4 is 20.9 Å². The van der Waals surface area contributed by atoms with E-state index in [9.17, 15) is 31.9 Å². The number of amides is 2. The van der Waals surface area contributed by atoms with Gasteiger partial charge < -0.3 is 15.4 Å². The molecule has 0 aliphatic rings. The lowest BCUT2D eigenvalue weighted by Crippen LogP contribution is -2.32. The average Bonchev–Trinajstić information content (AvgIpc) is 3.67. The predicted octanol–water partition coefficient (Wildman–Crippen LogP) is 5.49. The molecule has 0 aliphatic heterocycles. The fraction of sp³-hybridized carbons (Fsp3) is 0.200. The smallest absolute Gasteiger partial charge is 0.436 e. The van der Waals surface area contributed by atoms with Gasteiger partial charge in [0.2, 0.25) is 5.91 Å². The van der Waals surface area contributed by atoms with Crippen LogP contribution in [0.5, 0.6) is 5.75 Å². The minimum absolute atomic E-state index is 0.0372. The number of carbonyl (C=O) groups excluding carboxylic acids is 2. The number of halogens is 5. The second-order valence-electron chi connectivity index (χ2n) is 10.2. The second kappa shape index (κ2) is 13.1. The molecule has 0 unspecified atom stereocenters. The Morgan fingerprint density at radius 2 is 1.79 bits per heavy atom. The summed E-state index contributed by atoms with van der Waals surface area (Å²) in [4.78, 5) is 39.3. The minimum Gasteiger partial charge on any atom is -0.495 e. The SMILES string of the molecule is CC[C@@H](C(=O)Nc1ccc(C(=O)Nc2cnn(C)c2)c(F)c1)n1cc(OC)c(-c2cc(Cl)ccc2-n2cc(C(F)(F)F)nn2)cc1=O. The molecule has 17 heteroatoms. The zero-order valence-electron chi connectivity index (χ0n) is 24.8. The summed E-state index contributed by atoms with van der Waals surface area (Å²) in [6.45, 7) is 1.65. The molecule has 2 aromatic carbocycles. The number of ether oxygens (including phenoxy) is 1. The molecule has 0 spiro atoms. The van der Waals surface area contributed by atoms with Crippen molar-refractivity contribution >= 4 is 34.8 Å². The van der Waals surface area contributed by atoms with Crippen molar-refractivity contribution in [2.75, 3.05) is 17.7 Å². The number of benzene rings is 2. The Morgan fingerprint density at radius 1 is 1.02 bits per heavy atom. The van der Waals surface area contributed by atoms with Crippen LogP contribution in [0.15, 0.2) is 72.0 Å². The maximum atomic E-state index is 14.9. The van der Waals surface area contributed by atoms with Crippen LogP contribution >= 0.6 is 11.6 Å². The Balaban J connectivity index is 1.42. The third-order valence-corrected chi connectivity index (χ3v) is 7.25. The number of hydrogen-bond acceptors (Lipinski definition) is 7. The summed E-state index contributed by atoms with van der Waals surface area (Å²) in [5, 5.41) is 16.0. The van der Waals surface area contributed by atoms with Gasteiger partial charge in [0.25, 0.3) is 11.5 Å². The van der Waals surface area contributed by atoms with Crippen molar-refractivity contribution in [3.63, 3.8) is 0 Å². The van der Waals surface area contributed by atoms with Crippen molar-refractivity contribution in [2.45, 2.75) is 25.6 Å². The van der Waals surface area contributed by atoms with Crippen LogP contribution in [0.25, 0.3) is 16.8 Å². The van der Waals surface area contributed by atoms with Crippen LogP contribution in [0.3, 0.4) is 0 Å². The number of anilines is 2. The molecule has 0 bridgehead atoms. The lowest BCUT2D eigenvalue weighted by atomic mass is 10.0. The molecule has 0 saturated heterocycles. The highest BCUT2D eigenvalue weighted by Crippen LogP contribution is 2.36. The highest BCUT2D eigenvalue weighted by atomic mass is 35.5. The molecule has 0 aliphatic carbocycles. The van der Waals surface area contributed by atoms with Crippen LogP contribution in [0.4, 0.5) is 28.9 Å². The fourth-order valence-corrected chi connectivity index (χ4v) is 4.95. The molecule has 47 heavy (non-hydrogen) atoms. The summed E-state index contributed by atoms with van der Waals surface area (Å²) in [7, 11) is 2.97. The highest BCUT2D eigenvalue weighted by Gasteiger charge is 2.35. The minimum atomic E-state index is -4.73. The van der Waals surface area contributed by atoms with Crippen molar-refractivity contribution < 1.29 is 31.9 Å². The van der Waals surface area contributed by atoms with E-state index in [2.05, 4.69) is 26.0 Å². The summed E-state index contributed by atoms with van der Waals surface area (Å²) in [6.07, 6.45) is 0.310. The molecule has 0 saturated carbocycles. The van der Waals surface area contributed by atoms with Gasteiger partial charge in [-0.25, -0.2) is 9.07 Å². The number of rotatable bonds is 9. The molecule has 5 aromatic rings. The van der Waals surface area contributed by atoms with Crippen molar-refractivity contribution in [1.29, 1.82) is 0 Å². The van der Waals surface area contributed by atoms with E-state index in [1.165, 1.54) is 60.7 Å². The Labute approximate surface area is 268 Å². The number of carbonyl (C=O) groups is 2. The zero-order valence-corrected chi connectivity index (χ0v) is 25.6. The average molecular weight is 673 g/mol. The van der Waals surface area contributed by atoms with Gasteiger partial charge in [-0.1, -0.05) is 23.7 Å². The molecule has 1 atom stereocenters. The van der Waals surface area contributed by atoms with Crippen LogP contribution in [-0.2, 0) is 18.0 Å². The van der Waals surface area contributed by atoms with Gasteiger partial charge in [0, 0.05) is 41.1 Å². The van der Waals surface area contributed by atoms with Crippen LogP contribution in [0.2, 0.25) is 5.02 Å². The van der Waals surface area contributed by atoms with Gasteiger partial charge in [0.15, 0.2) is 5.69 Å². The molecule has 0 fully saturated rings. The molecule has 2 N–H and O–H groups in total. The molecule has 12 nitrogen and oxygen atoms in total.